The Hall–Kier alpha value is -3.35. The van der Waals surface area contributed by atoms with Crippen molar-refractivity contribution in [3.05, 3.63) is 59.7 Å². The lowest BCUT2D eigenvalue weighted by Crippen LogP contribution is -2.34. The number of carbonyl (C=O) groups excluding carboxylic acids is 2. The quantitative estimate of drug-likeness (QED) is 0.829. The maximum atomic E-state index is 12.8. The Labute approximate surface area is 163 Å². The highest BCUT2D eigenvalue weighted by atomic mass is 16.5. The molecule has 0 bridgehead atoms. The van der Waals surface area contributed by atoms with E-state index in [1.807, 2.05) is 0 Å². The minimum atomic E-state index is -0.987. The third kappa shape index (κ3) is 4.14. The number of hydrogen-bond acceptors (Lipinski definition) is 4. The summed E-state index contributed by atoms with van der Waals surface area (Å²) >= 11 is 0. The van der Waals surface area contributed by atoms with E-state index in [1.165, 1.54) is 12.1 Å². The molecule has 0 spiro atoms. The second-order valence-electron chi connectivity index (χ2n) is 6.80. The third-order valence-corrected chi connectivity index (χ3v) is 4.86. The number of benzene rings is 2. The first-order valence-electron chi connectivity index (χ1n) is 8.90. The van der Waals surface area contributed by atoms with Gasteiger partial charge in [0.05, 0.1) is 18.6 Å². The molecule has 0 radical (unpaired) electrons. The number of carbonyl (C=O) groups is 3. The van der Waals surface area contributed by atoms with Crippen LogP contribution in [0.25, 0.3) is 0 Å². The van der Waals surface area contributed by atoms with Gasteiger partial charge in [-0.1, -0.05) is 12.1 Å². The van der Waals surface area contributed by atoms with E-state index in [4.69, 9.17) is 9.84 Å². The van der Waals surface area contributed by atoms with Gasteiger partial charge in [-0.2, -0.15) is 0 Å². The monoisotopic (exact) mass is 382 g/mol. The lowest BCUT2D eigenvalue weighted by atomic mass is 10.1. The van der Waals surface area contributed by atoms with Crippen molar-refractivity contribution in [2.24, 2.45) is 5.92 Å². The number of carboxylic acid groups (broad SMARTS) is 1. The van der Waals surface area contributed by atoms with Crippen LogP contribution in [-0.4, -0.2) is 48.5 Å². The van der Waals surface area contributed by atoms with Crippen LogP contribution in [0.2, 0.25) is 0 Å². The van der Waals surface area contributed by atoms with E-state index in [0.29, 0.717) is 18.8 Å². The van der Waals surface area contributed by atoms with Crippen molar-refractivity contribution >= 4 is 23.5 Å². The van der Waals surface area contributed by atoms with Gasteiger partial charge in [-0.3, -0.25) is 9.59 Å². The number of nitrogens with zero attached hydrogens (tertiary/aromatic N) is 2. The smallest absolute Gasteiger partial charge is 0.335 e. The average molecular weight is 382 g/mol. The molecule has 146 valence electrons. The van der Waals surface area contributed by atoms with Crippen LogP contribution in [0.15, 0.2) is 48.5 Å². The van der Waals surface area contributed by atoms with Gasteiger partial charge in [-0.05, 0) is 42.0 Å². The molecular formula is C21H22N2O5. The Morgan fingerprint density at radius 3 is 2.36 bits per heavy atom. The molecule has 0 aliphatic carbocycles. The van der Waals surface area contributed by atoms with E-state index in [0.717, 1.165) is 11.3 Å². The maximum absolute atomic E-state index is 12.8. The standard InChI is InChI=1S/C21H22N2O5/c1-22(12-14-3-5-15(6-4-14)21(26)27)20(25)16-11-19(24)23(13-16)17-7-9-18(28-2)10-8-17/h3-10,16H,11-13H2,1-2H3,(H,26,27). The van der Waals surface area contributed by atoms with Gasteiger partial charge in [0.25, 0.3) is 0 Å². The van der Waals surface area contributed by atoms with E-state index in [-0.39, 0.29) is 23.8 Å². The number of methoxy groups -OCH3 is 1. The summed E-state index contributed by atoms with van der Waals surface area (Å²) in [4.78, 5) is 39.3. The topological polar surface area (TPSA) is 87.2 Å². The molecule has 7 nitrogen and oxygen atoms in total. The van der Waals surface area contributed by atoms with E-state index in [2.05, 4.69) is 0 Å². The maximum Gasteiger partial charge on any atom is 0.335 e. The summed E-state index contributed by atoms with van der Waals surface area (Å²) in [5, 5.41) is 8.95. The fourth-order valence-corrected chi connectivity index (χ4v) is 3.30. The predicted molar refractivity (Wildman–Crippen MR) is 103 cm³/mol. The van der Waals surface area contributed by atoms with Crippen molar-refractivity contribution in [2.45, 2.75) is 13.0 Å². The summed E-state index contributed by atoms with van der Waals surface area (Å²) in [6.07, 6.45) is 0.174. The van der Waals surface area contributed by atoms with Gasteiger partial charge in [0.2, 0.25) is 11.8 Å². The first-order valence-corrected chi connectivity index (χ1v) is 8.90. The van der Waals surface area contributed by atoms with Gasteiger partial charge >= 0.3 is 5.97 Å². The molecule has 1 heterocycles. The molecule has 7 heteroatoms. The molecule has 1 aliphatic rings. The van der Waals surface area contributed by atoms with Crippen LogP contribution in [-0.2, 0) is 16.1 Å². The minimum Gasteiger partial charge on any atom is -0.497 e. The molecule has 1 atom stereocenters. The predicted octanol–water partition coefficient (Wildman–Crippen LogP) is 2.40. The first kappa shape index (κ1) is 19.4. The molecular weight excluding hydrogens is 360 g/mol. The highest BCUT2D eigenvalue weighted by Gasteiger charge is 2.36. The Morgan fingerprint density at radius 1 is 1.14 bits per heavy atom. The molecule has 0 saturated carbocycles. The number of ether oxygens (including phenoxy) is 1. The largest absolute Gasteiger partial charge is 0.497 e. The van der Waals surface area contributed by atoms with Gasteiger partial charge in [-0.15, -0.1) is 0 Å². The van der Waals surface area contributed by atoms with Gasteiger partial charge in [0, 0.05) is 32.2 Å². The molecule has 1 unspecified atom stereocenters. The van der Waals surface area contributed by atoms with Crippen LogP contribution in [0, 0.1) is 5.92 Å². The summed E-state index contributed by atoms with van der Waals surface area (Å²) in [6, 6.07) is 13.6. The van der Waals surface area contributed by atoms with E-state index >= 15 is 0 Å². The van der Waals surface area contributed by atoms with Crippen LogP contribution in [0.1, 0.15) is 22.3 Å². The second kappa shape index (κ2) is 8.12. The summed E-state index contributed by atoms with van der Waals surface area (Å²) in [7, 11) is 3.27. The number of amides is 2. The van der Waals surface area contributed by atoms with Crippen LogP contribution >= 0.6 is 0 Å². The zero-order chi connectivity index (χ0) is 20.3. The Balaban J connectivity index is 1.63. The van der Waals surface area contributed by atoms with Gasteiger partial charge in [0.1, 0.15) is 5.75 Å². The van der Waals surface area contributed by atoms with Crippen molar-refractivity contribution in [2.75, 3.05) is 25.6 Å². The highest BCUT2D eigenvalue weighted by Crippen LogP contribution is 2.28. The zero-order valence-electron chi connectivity index (χ0n) is 15.8. The fraction of sp³-hybridized carbons (Fsp3) is 0.286. The molecule has 1 aliphatic heterocycles. The first-order chi connectivity index (χ1) is 13.4. The van der Waals surface area contributed by atoms with Crippen LogP contribution in [0.3, 0.4) is 0 Å². The highest BCUT2D eigenvalue weighted by molar-refractivity contribution is 6.00. The zero-order valence-corrected chi connectivity index (χ0v) is 15.8. The Kier molecular flexibility index (Phi) is 5.63. The van der Waals surface area contributed by atoms with Crippen molar-refractivity contribution in [1.82, 2.24) is 4.90 Å². The fourth-order valence-electron chi connectivity index (χ4n) is 3.30. The minimum absolute atomic E-state index is 0.0808. The lowest BCUT2D eigenvalue weighted by Gasteiger charge is -2.22. The number of rotatable bonds is 6. The molecule has 2 amide bonds. The van der Waals surface area contributed by atoms with Gasteiger partial charge < -0.3 is 19.6 Å². The van der Waals surface area contributed by atoms with Crippen molar-refractivity contribution in [1.29, 1.82) is 0 Å². The van der Waals surface area contributed by atoms with Crippen molar-refractivity contribution in [3.63, 3.8) is 0 Å². The van der Waals surface area contributed by atoms with Crippen LogP contribution in [0.4, 0.5) is 5.69 Å². The second-order valence-corrected chi connectivity index (χ2v) is 6.80. The molecule has 2 aromatic carbocycles. The summed E-state index contributed by atoms with van der Waals surface area (Å²) in [6.45, 7) is 0.693. The molecule has 28 heavy (non-hydrogen) atoms. The normalized spacial score (nSPS) is 16.1. The van der Waals surface area contributed by atoms with Crippen LogP contribution < -0.4 is 9.64 Å². The average Bonchev–Trinajstić information content (AvgIpc) is 3.09. The van der Waals surface area contributed by atoms with Gasteiger partial charge in [0.15, 0.2) is 0 Å². The molecule has 1 fully saturated rings. The van der Waals surface area contributed by atoms with Gasteiger partial charge in [-0.25, -0.2) is 4.79 Å². The molecule has 1 N–H and O–H groups in total. The Bertz CT molecular complexity index is 877. The number of carboxylic acids is 1. The third-order valence-electron chi connectivity index (χ3n) is 4.86. The lowest BCUT2D eigenvalue weighted by molar-refractivity contribution is -0.135. The van der Waals surface area contributed by atoms with Crippen molar-refractivity contribution < 1.29 is 24.2 Å². The molecule has 3 rings (SSSR count). The number of anilines is 1. The molecule has 2 aromatic rings. The van der Waals surface area contributed by atoms with E-state index in [1.54, 1.807) is 60.4 Å². The summed E-state index contributed by atoms with van der Waals surface area (Å²) in [5.41, 5.74) is 1.78. The van der Waals surface area contributed by atoms with Crippen LogP contribution in [0.5, 0.6) is 5.75 Å². The van der Waals surface area contributed by atoms with E-state index in [9.17, 15) is 14.4 Å². The van der Waals surface area contributed by atoms with E-state index < -0.39 is 11.9 Å². The summed E-state index contributed by atoms with van der Waals surface area (Å²) < 4.78 is 5.13. The number of hydrogen-bond donors (Lipinski definition) is 1. The number of aromatic carboxylic acids is 1. The Morgan fingerprint density at radius 2 is 1.79 bits per heavy atom. The SMILES string of the molecule is COc1ccc(N2CC(C(=O)N(C)Cc3ccc(C(=O)O)cc3)CC2=O)cc1. The molecule has 1 saturated heterocycles. The molecule has 0 aromatic heterocycles. The summed E-state index contributed by atoms with van der Waals surface area (Å²) in [5.74, 6) is -0.872. The van der Waals surface area contributed by atoms with Crippen molar-refractivity contribution in [3.8, 4) is 5.75 Å².